The molecule has 0 spiro atoms. The molecule has 0 aliphatic rings. The average molecular weight is 154 g/mol. The number of carbonyl (C=O) groups is 1. The minimum atomic E-state index is -1.06. The van der Waals surface area contributed by atoms with Crippen molar-refractivity contribution in [3.05, 3.63) is 12.3 Å². The number of terminal acetylenes is 1. The molecule has 0 unspecified atom stereocenters. The van der Waals surface area contributed by atoms with Gasteiger partial charge in [0.1, 0.15) is 0 Å². The molecule has 0 aromatic rings. The van der Waals surface area contributed by atoms with Crippen molar-refractivity contribution in [3.63, 3.8) is 0 Å². The van der Waals surface area contributed by atoms with Gasteiger partial charge in [0.2, 0.25) is 0 Å². The smallest absolute Gasteiger partial charge is 0.331 e. The molecule has 0 amide bonds. The number of ether oxygens (including phenoxy) is 1. The largest absolute Gasteiger partial charge is 0.483 e. The SMILES string of the molecule is C#CC(C)(C)O/C=C/C(=O)O. The summed E-state index contributed by atoms with van der Waals surface area (Å²) in [5.41, 5.74) is -0.744. The first kappa shape index (κ1) is 9.57. The molecule has 11 heavy (non-hydrogen) atoms. The van der Waals surface area contributed by atoms with E-state index in [9.17, 15) is 4.79 Å². The lowest BCUT2D eigenvalue weighted by atomic mass is 10.2. The quantitative estimate of drug-likeness (QED) is 0.375. The second-order valence-electron chi connectivity index (χ2n) is 2.41. The Bertz CT molecular complexity index is 208. The van der Waals surface area contributed by atoms with Gasteiger partial charge in [-0.05, 0) is 13.8 Å². The third-order valence-corrected chi connectivity index (χ3v) is 0.921. The van der Waals surface area contributed by atoms with Gasteiger partial charge in [0.25, 0.3) is 0 Å². The summed E-state index contributed by atoms with van der Waals surface area (Å²) in [6.45, 7) is 3.33. The molecule has 0 atom stereocenters. The molecule has 0 aliphatic carbocycles. The highest BCUT2D eigenvalue weighted by molar-refractivity contribution is 5.79. The predicted molar refractivity (Wildman–Crippen MR) is 40.8 cm³/mol. The van der Waals surface area contributed by atoms with E-state index < -0.39 is 11.6 Å². The number of rotatable bonds is 3. The number of carboxylic acid groups (broad SMARTS) is 1. The molecule has 3 heteroatoms. The van der Waals surface area contributed by atoms with E-state index >= 15 is 0 Å². The molecule has 0 bridgehead atoms. The number of carboxylic acids is 1. The van der Waals surface area contributed by atoms with Crippen molar-refractivity contribution in [1.82, 2.24) is 0 Å². The summed E-state index contributed by atoms with van der Waals surface area (Å²) in [5.74, 6) is 1.29. The Kier molecular flexibility index (Phi) is 3.19. The molecule has 0 heterocycles. The molecule has 0 aliphatic heterocycles. The molecule has 0 rings (SSSR count). The zero-order valence-corrected chi connectivity index (χ0v) is 6.50. The van der Waals surface area contributed by atoms with E-state index in [0.29, 0.717) is 0 Å². The summed E-state index contributed by atoms with van der Waals surface area (Å²) in [5, 5.41) is 8.16. The number of hydrogen-bond donors (Lipinski definition) is 1. The van der Waals surface area contributed by atoms with Crippen LogP contribution in [0.5, 0.6) is 0 Å². The van der Waals surface area contributed by atoms with Crippen LogP contribution in [0.2, 0.25) is 0 Å². The van der Waals surface area contributed by atoms with Crippen LogP contribution in [-0.4, -0.2) is 16.7 Å². The van der Waals surface area contributed by atoms with Gasteiger partial charge in [0.15, 0.2) is 5.60 Å². The van der Waals surface area contributed by atoms with E-state index in [1.165, 1.54) is 0 Å². The molecule has 3 nitrogen and oxygen atoms in total. The summed E-state index contributed by atoms with van der Waals surface area (Å²) in [7, 11) is 0. The molecule has 0 radical (unpaired) electrons. The summed E-state index contributed by atoms with van der Waals surface area (Å²) >= 11 is 0. The fourth-order valence-corrected chi connectivity index (χ4v) is 0.296. The van der Waals surface area contributed by atoms with Crippen molar-refractivity contribution in [1.29, 1.82) is 0 Å². The van der Waals surface area contributed by atoms with Gasteiger partial charge in [-0.3, -0.25) is 0 Å². The van der Waals surface area contributed by atoms with Crippen LogP contribution in [0.25, 0.3) is 0 Å². The van der Waals surface area contributed by atoms with Crippen molar-refractivity contribution in [2.75, 3.05) is 0 Å². The van der Waals surface area contributed by atoms with Crippen LogP contribution in [0.1, 0.15) is 13.8 Å². The Balaban J connectivity index is 3.90. The highest BCUT2D eigenvalue weighted by Gasteiger charge is 2.11. The lowest BCUT2D eigenvalue weighted by Crippen LogP contribution is -2.18. The van der Waals surface area contributed by atoms with Crippen molar-refractivity contribution in [3.8, 4) is 12.3 Å². The molecule has 60 valence electrons. The fourth-order valence-electron chi connectivity index (χ4n) is 0.296. The maximum Gasteiger partial charge on any atom is 0.331 e. The zero-order valence-electron chi connectivity index (χ0n) is 6.50. The first-order valence-electron chi connectivity index (χ1n) is 3.03. The average Bonchev–Trinajstić information content (AvgIpc) is 1.87. The zero-order chi connectivity index (χ0) is 8.91. The van der Waals surface area contributed by atoms with Crippen LogP contribution < -0.4 is 0 Å². The second-order valence-corrected chi connectivity index (χ2v) is 2.41. The van der Waals surface area contributed by atoms with Crippen molar-refractivity contribution >= 4 is 5.97 Å². The number of hydrogen-bond acceptors (Lipinski definition) is 2. The van der Waals surface area contributed by atoms with Crippen LogP contribution in [0, 0.1) is 12.3 Å². The molecule has 0 saturated heterocycles. The van der Waals surface area contributed by atoms with Gasteiger partial charge in [-0.15, -0.1) is 6.42 Å². The fraction of sp³-hybridized carbons (Fsp3) is 0.375. The highest BCUT2D eigenvalue weighted by Crippen LogP contribution is 2.06. The maximum absolute atomic E-state index is 9.96. The highest BCUT2D eigenvalue weighted by atomic mass is 16.5. The normalized spacial score (nSPS) is 11.0. The van der Waals surface area contributed by atoms with Crippen molar-refractivity contribution < 1.29 is 14.6 Å². The molecule has 0 aromatic carbocycles. The molecule has 1 N–H and O–H groups in total. The lowest BCUT2D eigenvalue weighted by molar-refractivity contribution is -0.131. The van der Waals surface area contributed by atoms with Crippen molar-refractivity contribution in [2.45, 2.75) is 19.4 Å². The second kappa shape index (κ2) is 3.67. The van der Waals surface area contributed by atoms with E-state index in [-0.39, 0.29) is 0 Å². The van der Waals surface area contributed by atoms with Gasteiger partial charge in [0, 0.05) is 0 Å². The lowest BCUT2D eigenvalue weighted by Gasteiger charge is -2.15. The minimum Gasteiger partial charge on any atom is -0.483 e. The Morgan fingerprint density at radius 1 is 1.73 bits per heavy atom. The van der Waals surface area contributed by atoms with Gasteiger partial charge in [-0.25, -0.2) is 4.79 Å². The third-order valence-electron chi connectivity index (χ3n) is 0.921. The molecular weight excluding hydrogens is 144 g/mol. The summed E-state index contributed by atoms with van der Waals surface area (Å²) in [4.78, 5) is 9.96. The van der Waals surface area contributed by atoms with Gasteiger partial charge in [-0.2, -0.15) is 0 Å². The third kappa shape index (κ3) is 5.04. The summed E-state index contributed by atoms with van der Waals surface area (Å²) in [6, 6.07) is 0. The van der Waals surface area contributed by atoms with E-state index in [0.717, 1.165) is 12.3 Å². The van der Waals surface area contributed by atoms with Crippen LogP contribution in [0.3, 0.4) is 0 Å². The monoisotopic (exact) mass is 154 g/mol. The molecule has 0 aromatic heterocycles. The summed E-state index contributed by atoms with van der Waals surface area (Å²) < 4.78 is 4.89. The topological polar surface area (TPSA) is 46.5 Å². The standard InChI is InChI=1S/C8H10O3/c1-4-8(2,3)11-6-5-7(9)10/h1,5-6H,2-3H3,(H,9,10)/b6-5+. The first-order valence-corrected chi connectivity index (χ1v) is 3.03. The Labute approximate surface area is 65.7 Å². The van der Waals surface area contributed by atoms with Gasteiger partial charge in [0.05, 0.1) is 12.3 Å². The Hall–Kier alpha value is -1.43. The predicted octanol–water partition coefficient (Wildman–Crippen LogP) is 1.01. The van der Waals surface area contributed by atoms with E-state index in [1.54, 1.807) is 13.8 Å². The van der Waals surface area contributed by atoms with Crippen LogP contribution in [-0.2, 0) is 9.53 Å². The van der Waals surface area contributed by atoms with Crippen molar-refractivity contribution in [2.24, 2.45) is 0 Å². The Morgan fingerprint density at radius 2 is 2.27 bits per heavy atom. The van der Waals surface area contributed by atoms with Crippen LogP contribution in [0.15, 0.2) is 12.3 Å². The van der Waals surface area contributed by atoms with Crippen LogP contribution >= 0.6 is 0 Å². The van der Waals surface area contributed by atoms with E-state index in [4.69, 9.17) is 16.3 Å². The maximum atomic E-state index is 9.96. The van der Waals surface area contributed by atoms with Crippen LogP contribution in [0.4, 0.5) is 0 Å². The van der Waals surface area contributed by atoms with Gasteiger partial charge >= 0.3 is 5.97 Å². The number of aliphatic carboxylic acids is 1. The molecular formula is C8H10O3. The van der Waals surface area contributed by atoms with Gasteiger partial charge in [-0.1, -0.05) is 5.92 Å². The van der Waals surface area contributed by atoms with Gasteiger partial charge < -0.3 is 9.84 Å². The van der Waals surface area contributed by atoms with E-state index in [2.05, 4.69) is 5.92 Å². The first-order chi connectivity index (χ1) is 4.98. The molecule has 0 fully saturated rings. The van der Waals surface area contributed by atoms with E-state index in [1.807, 2.05) is 0 Å². The minimum absolute atomic E-state index is 0.744. The Morgan fingerprint density at radius 3 is 2.64 bits per heavy atom. The molecule has 0 saturated carbocycles. The summed E-state index contributed by atoms with van der Waals surface area (Å²) in [6.07, 6.45) is 7.03.